The molecule has 2 amide bonds. The van der Waals surface area contributed by atoms with E-state index in [0.29, 0.717) is 32.4 Å². The number of carbonyl (C=O) groups is 2. The highest BCUT2D eigenvalue weighted by molar-refractivity contribution is 5.85. The monoisotopic (exact) mass is 279 g/mol. The molecule has 8 nitrogen and oxygen atoms in total. The van der Waals surface area contributed by atoms with Crippen LogP contribution in [0, 0.1) is 0 Å². The van der Waals surface area contributed by atoms with Crippen molar-refractivity contribution in [1.29, 1.82) is 0 Å². The first-order chi connectivity index (χ1) is 9.66. The van der Waals surface area contributed by atoms with Gasteiger partial charge in [-0.25, -0.2) is 10.1 Å². The summed E-state index contributed by atoms with van der Waals surface area (Å²) in [6, 6.07) is 2.63. The van der Waals surface area contributed by atoms with Gasteiger partial charge in [0.15, 0.2) is 0 Å². The summed E-state index contributed by atoms with van der Waals surface area (Å²) in [6.45, 7) is 0.906. The van der Waals surface area contributed by atoms with Gasteiger partial charge in [0.1, 0.15) is 6.04 Å². The smallest absolute Gasteiger partial charge is 0.266 e. The van der Waals surface area contributed by atoms with Gasteiger partial charge >= 0.3 is 0 Å². The van der Waals surface area contributed by atoms with Crippen molar-refractivity contribution in [3.05, 3.63) is 28.7 Å². The van der Waals surface area contributed by atoms with Gasteiger partial charge in [-0.3, -0.25) is 19.8 Å². The van der Waals surface area contributed by atoms with Gasteiger partial charge in [0.25, 0.3) is 5.56 Å². The number of carbonyl (C=O) groups excluding carboxylic acids is 2. The summed E-state index contributed by atoms with van der Waals surface area (Å²) >= 11 is 0. The number of amides is 2. The molecule has 0 spiro atoms. The van der Waals surface area contributed by atoms with Crippen molar-refractivity contribution >= 4 is 11.8 Å². The summed E-state index contributed by atoms with van der Waals surface area (Å²) in [5.41, 5.74) is 4.93. The van der Waals surface area contributed by atoms with E-state index in [1.54, 1.807) is 12.3 Å². The van der Waals surface area contributed by atoms with Crippen molar-refractivity contribution in [2.24, 2.45) is 0 Å². The first-order valence-electron chi connectivity index (χ1n) is 6.51. The zero-order valence-corrected chi connectivity index (χ0v) is 11.0. The molecule has 1 aliphatic heterocycles. The largest absolute Gasteiger partial charge is 0.355 e. The van der Waals surface area contributed by atoms with Crippen LogP contribution < -0.4 is 21.7 Å². The fraction of sp³-hybridized carbons (Fsp3) is 0.500. The highest BCUT2D eigenvalue weighted by atomic mass is 16.2. The third kappa shape index (κ3) is 3.89. The van der Waals surface area contributed by atoms with Crippen molar-refractivity contribution in [1.82, 2.24) is 25.9 Å². The number of nitrogens with zero attached hydrogens (tertiary/aromatic N) is 2. The molecular formula is C12H17N5O3. The van der Waals surface area contributed by atoms with E-state index in [2.05, 4.69) is 21.3 Å². The maximum atomic E-state index is 11.8. The van der Waals surface area contributed by atoms with Crippen LogP contribution in [0.15, 0.2) is 23.1 Å². The topological polar surface area (TPSA) is 105 Å². The van der Waals surface area contributed by atoms with Crippen LogP contribution in [0.5, 0.6) is 0 Å². The van der Waals surface area contributed by atoms with Gasteiger partial charge in [-0.1, -0.05) is 0 Å². The Kier molecular flexibility index (Phi) is 4.83. The molecule has 2 heterocycles. The second kappa shape index (κ2) is 6.80. The summed E-state index contributed by atoms with van der Waals surface area (Å²) in [7, 11) is 0. The van der Waals surface area contributed by atoms with Gasteiger partial charge in [-0.05, 0) is 18.9 Å². The molecular weight excluding hydrogens is 262 g/mol. The summed E-state index contributed by atoms with van der Waals surface area (Å²) in [4.78, 5) is 34.1. The molecule has 0 aromatic carbocycles. The van der Waals surface area contributed by atoms with E-state index < -0.39 is 6.04 Å². The molecule has 1 aliphatic rings. The number of nitrogens with one attached hydrogen (secondary N) is 3. The SMILES string of the molecule is O=C1CCC(C(=O)NCCCn2ncccc2=O)NN1. The maximum Gasteiger partial charge on any atom is 0.266 e. The predicted octanol–water partition coefficient (Wildman–Crippen LogP) is -1.47. The van der Waals surface area contributed by atoms with Crippen LogP contribution in [-0.4, -0.2) is 34.2 Å². The Hall–Kier alpha value is -2.22. The Morgan fingerprint density at radius 2 is 2.35 bits per heavy atom. The minimum atomic E-state index is -0.398. The van der Waals surface area contributed by atoms with E-state index in [-0.39, 0.29) is 17.4 Å². The zero-order valence-electron chi connectivity index (χ0n) is 11.0. The molecule has 0 aliphatic carbocycles. The van der Waals surface area contributed by atoms with Crippen molar-refractivity contribution in [3.8, 4) is 0 Å². The highest BCUT2D eigenvalue weighted by Crippen LogP contribution is 2.01. The van der Waals surface area contributed by atoms with Crippen LogP contribution in [0.25, 0.3) is 0 Å². The Bertz CT molecular complexity index is 532. The lowest BCUT2D eigenvalue weighted by Crippen LogP contribution is -2.55. The predicted molar refractivity (Wildman–Crippen MR) is 70.4 cm³/mol. The fourth-order valence-corrected chi connectivity index (χ4v) is 1.89. The lowest BCUT2D eigenvalue weighted by atomic mass is 10.1. The van der Waals surface area contributed by atoms with Crippen molar-refractivity contribution in [3.63, 3.8) is 0 Å². The molecule has 2 rings (SSSR count). The van der Waals surface area contributed by atoms with Crippen LogP contribution >= 0.6 is 0 Å². The quantitative estimate of drug-likeness (QED) is 0.571. The Labute approximate surface area is 115 Å². The van der Waals surface area contributed by atoms with E-state index >= 15 is 0 Å². The maximum absolute atomic E-state index is 11.8. The average Bonchev–Trinajstić information content (AvgIpc) is 2.46. The zero-order chi connectivity index (χ0) is 14.4. The van der Waals surface area contributed by atoms with Crippen molar-refractivity contribution in [2.45, 2.75) is 31.8 Å². The first kappa shape index (κ1) is 14.2. The molecule has 0 saturated carbocycles. The number of hydrogen-bond donors (Lipinski definition) is 3. The standard InChI is InChI=1S/C12H17N5O3/c18-10-5-4-9(15-16-10)12(20)13-6-2-8-17-11(19)3-1-7-14-17/h1,3,7,9,15H,2,4-6,8H2,(H,13,20)(H,16,18). The molecule has 1 saturated heterocycles. The number of rotatable bonds is 5. The summed E-state index contributed by atoms with van der Waals surface area (Å²) in [6.07, 6.45) is 2.99. The van der Waals surface area contributed by atoms with Crippen molar-refractivity contribution < 1.29 is 9.59 Å². The number of aryl methyl sites for hydroxylation is 1. The normalized spacial score (nSPS) is 18.4. The van der Waals surface area contributed by atoms with E-state index in [9.17, 15) is 14.4 Å². The minimum Gasteiger partial charge on any atom is -0.355 e. The van der Waals surface area contributed by atoms with E-state index in [1.165, 1.54) is 10.7 Å². The molecule has 8 heteroatoms. The molecule has 0 radical (unpaired) electrons. The third-order valence-electron chi connectivity index (χ3n) is 2.99. The van der Waals surface area contributed by atoms with Crippen LogP contribution in [0.3, 0.4) is 0 Å². The van der Waals surface area contributed by atoms with Gasteiger partial charge in [0, 0.05) is 31.8 Å². The number of hydrazine groups is 1. The molecule has 1 fully saturated rings. The minimum absolute atomic E-state index is 0.108. The molecule has 1 atom stereocenters. The highest BCUT2D eigenvalue weighted by Gasteiger charge is 2.23. The second-order valence-corrected chi connectivity index (χ2v) is 4.51. The summed E-state index contributed by atoms with van der Waals surface area (Å²) in [5.74, 6) is -0.262. The Morgan fingerprint density at radius 1 is 1.50 bits per heavy atom. The van der Waals surface area contributed by atoms with Crippen molar-refractivity contribution in [2.75, 3.05) is 6.54 Å². The lowest BCUT2D eigenvalue weighted by Gasteiger charge is -2.22. The van der Waals surface area contributed by atoms with Crippen LogP contribution in [0.4, 0.5) is 0 Å². The fourth-order valence-electron chi connectivity index (χ4n) is 1.89. The van der Waals surface area contributed by atoms with Gasteiger partial charge in [-0.15, -0.1) is 0 Å². The number of hydrogen-bond acceptors (Lipinski definition) is 5. The number of aromatic nitrogens is 2. The van der Waals surface area contributed by atoms with Gasteiger partial charge < -0.3 is 5.32 Å². The van der Waals surface area contributed by atoms with E-state index in [1.807, 2.05) is 0 Å². The second-order valence-electron chi connectivity index (χ2n) is 4.51. The molecule has 0 bridgehead atoms. The van der Waals surface area contributed by atoms with Gasteiger partial charge in [0.05, 0.1) is 0 Å². The van der Waals surface area contributed by atoms with Gasteiger partial charge in [0.2, 0.25) is 11.8 Å². The van der Waals surface area contributed by atoms with Crippen LogP contribution in [0.1, 0.15) is 19.3 Å². The molecule has 20 heavy (non-hydrogen) atoms. The molecule has 1 unspecified atom stereocenters. The summed E-state index contributed by atoms with van der Waals surface area (Å²) < 4.78 is 1.35. The molecule has 3 N–H and O–H groups in total. The lowest BCUT2D eigenvalue weighted by molar-refractivity contribution is -0.128. The average molecular weight is 279 g/mol. The Morgan fingerprint density at radius 3 is 3.05 bits per heavy atom. The summed E-state index contributed by atoms with van der Waals surface area (Å²) in [5, 5.41) is 6.69. The molecule has 108 valence electrons. The molecule has 1 aromatic rings. The van der Waals surface area contributed by atoms with E-state index in [4.69, 9.17) is 0 Å². The van der Waals surface area contributed by atoms with Crippen LogP contribution in [0.2, 0.25) is 0 Å². The van der Waals surface area contributed by atoms with Crippen LogP contribution in [-0.2, 0) is 16.1 Å². The third-order valence-corrected chi connectivity index (χ3v) is 2.99. The first-order valence-corrected chi connectivity index (χ1v) is 6.51. The Balaban J connectivity index is 1.68. The van der Waals surface area contributed by atoms with E-state index in [0.717, 1.165) is 0 Å². The molecule has 1 aromatic heterocycles. The van der Waals surface area contributed by atoms with Gasteiger partial charge in [-0.2, -0.15) is 5.10 Å².